The van der Waals surface area contributed by atoms with Crippen molar-refractivity contribution in [3.63, 3.8) is 0 Å². The van der Waals surface area contributed by atoms with Crippen molar-refractivity contribution in [3.05, 3.63) is 48.3 Å². The summed E-state index contributed by atoms with van der Waals surface area (Å²) in [5.41, 5.74) is 0.636. The molecule has 2 aromatic rings. The van der Waals surface area contributed by atoms with Crippen LogP contribution in [0.5, 0.6) is 5.75 Å². The van der Waals surface area contributed by atoms with Crippen molar-refractivity contribution >= 4 is 33.3 Å². The minimum atomic E-state index is -4.87. The molecule has 1 atom stereocenters. The molecule has 0 radical (unpaired) electrons. The summed E-state index contributed by atoms with van der Waals surface area (Å²) in [7, 11) is -3.60. The number of anilines is 2. The first-order valence-corrected chi connectivity index (χ1v) is 10.7. The number of aromatic nitrogens is 1. The maximum Gasteiger partial charge on any atom is 0.573 e. The van der Waals surface area contributed by atoms with Crippen molar-refractivity contribution in [2.45, 2.75) is 25.9 Å². The van der Waals surface area contributed by atoms with Gasteiger partial charge in [-0.15, -0.1) is 13.2 Å². The first-order chi connectivity index (χ1) is 14.4. The molecule has 1 aliphatic rings. The summed E-state index contributed by atoms with van der Waals surface area (Å²) >= 11 is 0. The molecule has 3 rings (SSSR count). The van der Waals surface area contributed by atoms with Crippen LogP contribution < -0.4 is 14.4 Å². The van der Waals surface area contributed by atoms with Gasteiger partial charge in [-0.05, 0) is 42.8 Å². The van der Waals surface area contributed by atoms with Gasteiger partial charge in [-0.3, -0.25) is 14.5 Å². The molecule has 1 fully saturated rings. The van der Waals surface area contributed by atoms with E-state index in [0.717, 1.165) is 35.4 Å². The molecule has 0 bridgehead atoms. The van der Waals surface area contributed by atoms with Gasteiger partial charge in [0.1, 0.15) is 11.8 Å². The molecule has 1 aliphatic heterocycles. The molecular weight excluding hydrogens is 441 g/mol. The Bertz CT molecular complexity index is 1110. The number of alkyl halides is 3. The van der Waals surface area contributed by atoms with Gasteiger partial charge in [-0.1, -0.05) is 0 Å². The number of ether oxygens (including phenoxy) is 1. The maximum absolute atomic E-state index is 12.9. The average molecular weight is 458 g/mol. The topological polar surface area (TPSA) is 109 Å². The lowest BCUT2D eigenvalue weighted by Crippen LogP contribution is -2.33. The molecule has 1 aromatic carbocycles. The van der Waals surface area contributed by atoms with Crippen molar-refractivity contribution in [3.8, 4) is 5.75 Å². The molecule has 9 nitrogen and oxygen atoms in total. The number of nitrogens with zero attached hydrogens (tertiary/aromatic N) is 3. The average Bonchev–Trinajstić information content (AvgIpc) is 2.85. The van der Waals surface area contributed by atoms with Crippen LogP contribution in [0.3, 0.4) is 0 Å². The van der Waals surface area contributed by atoms with Crippen molar-refractivity contribution < 1.29 is 35.9 Å². The Balaban J connectivity index is 1.83. The van der Waals surface area contributed by atoms with E-state index in [9.17, 15) is 31.2 Å². The van der Waals surface area contributed by atoms with E-state index in [-0.39, 0.29) is 17.9 Å². The predicted octanol–water partition coefficient (Wildman–Crippen LogP) is 2.71. The highest BCUT2D eigenvalue weighted by Gasteiger charge is 2.43. The number of hydrogen-bond acceptors (Lipinski definition) is 6. The van der Waals surface area contributed by atoms with Crippen LogP contribution in [0.15, 0.2) is 42.7 Å². The van der Waals surface area contributed by atoms with Gasteiger partial charge < -0.3 is 9.64 Å². The number of benzene rings is 1. The first-order valence-electron chi connectivity index (χ1n) is 8.77. The van der Waals surface area contributed by atoms with Crippen LogP contribution in [0.25, 0.3) is 0 Å². The van der Waals surface area contributed by atoms with Crippen molar-refractivity contribution in [1.29, 1.82) is 0 Å². The third-order valence-electron chi connectivity index (χ3n) is 4.36. The molecule has 0 aliphatic carbocycles. The van der Waals surface area contributed by atoms with Crippen LogP contribution in [0.2, 0.25) is 0 Å². The SMILES string of the molecule is CC1C(=O)N(c2ccc(OC(F)(F)F)cc2)C(=O)N1Cc1ccncc1NS(C)(=O)=O. The first kappa shape index (κ1) is 22.3. The van der Waals surface area contributed by atoms with Gasteiger partial charge in [0.05, 0.1) is 30.4 Å². The van der Waals surface area contributed by atoms with Crippen molar-refractivity contribution in [1.82, 2.24) is 9.88 Å². The van der Waals surface area contributed by atoms with Crippen LogP contribution in [0.1, 0.15) is 12.5 Å². The number of amides is 3. The number of urea groups is 1. The molecular formula is C18H17F3N4O5S. The van der Waals surface area contributed by atoms with E-state index in [0.29, 0.717) is 5.56 Å². The molecule has 3 amide bonds. The molecule has 1 aromatic heterocycles. The maximum atomic E-state index is 12.9. The molecule has 1 unspecified atom stereocenters. The van der Waals surface area contributed by atoms with Gasteiger partial charge in [0.2, 0.25) is 10.0 Å². The van der Waals surface area contributed by atoms with Crippen LogP contribution >= 0.6 is 0 Å². The van der Waals surface area contributed by atoms with Gasteiger partial charge in [0.15, 0.2) is 0 Å². The number of nitrogens with one attached hydrogen (secondary N) is 1. The van der Waals surface area contributed by atoms with Crippen LogP contribution in [-0.2, 0) is 21.4 Å². The standard InChI is InChI=1S/C18H17F3N4O5S/c1-11-16(26)25(13-3-5-14(6-4-13)30-18(19,20)21)17(27)24(11)10-12-7-8-22-9-15(12)23-31(2,28)29/h3-9,11,23H,10H2,1-2H3. The van der Waals surface area contributed by atoms with E-state index in [2.05, 4.69) is 14.4 Å². The summed E-state index contributed by atoms with van der Waals surface area (Å²) in [5.74, 6) is -1.07. The fourth-order valence-electron chi connectivity index (χ4n) is 2.98. The zero-order chi connectivity index (χ0) is 23.0. The van der Waals surface area contributed by atoms with E-state index in [4.69, 9.17) is 0 Å². The van der Waals surface area contributed by atoms with Gasteiger partial charge in [-0.2, -0.15) is 0 Å². The second-order valence-electron chi connectivity index (χ2n) is 6.71. The van der Waals surface area contributed by atoms with Crippen LogP contribution in [0.4, 0.5) is 29.3 Å². The van der Waals surface area contributed by atoms with E-state index >= 15 is 0 Å². The molecule has 13 heteroatoms. The Labute approximate surface area is 175 Å². The molecule has 1 saturated heterocycles. The number of sulfonamides is 1. The predicted molar refractivity (Wildman–Crippen MR) is 104 cm³/mol. The van der Waals surface area contributed by atoms with E-state index < -0.39 is 40.1 Å². The molecule has 0 saturated carbocycles. The third-order valence-corrected chi connectivity index (χ3v) is 4.95. The summed E-state index contributed by atoms with van der Waals surface area (Å²) in [6, 6.07) is 4.22. The smallest absolute Gasteiger partial charge is 0.406 e. The van der Waals surface area contributed by atoms with Crippen LogP contribution in [0, 0.1) is 0 Å². The second-order valence-corrected chi connectivity index (χ2v) is 8.46. The summed E-state index contributed by atoms with van der Waals surface area (Å²) in [6.07, 6.45) is -1.22. The third kappa shape index (κ3) is 5.23. The number of rotatable bonds is 6. The van der Waals surface area contributed by atoms with E-state index in [1.54, 1.807) is 0 Å². The summed E-state index contributed by atoms with van der Waals surface area (Å²) < 4.78 is 66.2. The number of pyridine rings is 1. The van der Waals surface area contributed by atoms with E-state index in [1.165, 1.54) is 30.3 Å². The van der Waals surface area contributed by atoms with Crippen LogP contribution in [-0.4, -0.2) is 48.9 Å². The Morgan fingerprint density at radius 3 is 2.39 bits per heavy atom. The Kier molecular flexibility index (Phi) is 5.81. The highest BCUT2D eigenvalue weighted by Crippen LogP contribution is 2.30. The van der Waals surface area contributed by atoms with Gasteiger partial charge in [0.25, 0.3) is 5.91 Å². The largest absolute Gasteiger partial charge is 0.573 e. The van der Waals surface area contributed by atoms with E-state index in [1.807, 2.05) is 0 Å². The van der Waals surface area contributed by atoms with Gasteiger partial charge >= 0.3 is 12.4 Å². The number of carbonyl (C=O) groups excluding carboxylic acids is 2. The van der Waals surface area contributed by atoms with Gasteiger partial charge in [0, 0.05) is 6.20 Å². The lowest BCUT2D eigenvalue weighted by atomic mass is 10.2. The lowest BCUT2D eigenvalue weighted by Gasteiger charge is -2.21. The second kappa shape index (κ2) is 8.06. The summed E-state index contributed by atoms with van der Waals surface area (Å²) in [6.45, 7) is 1.39. The molecule has 166 valence electrons. The van der Waals surface area contributed by atoms with Crippen molar-refractivity contribution in [2.75, 3.05) is 15.9 Å². The number of imide groups is 1. The zero-order valence-electron chi connectivity index (χ0n) is 16.3. The highest BCUT2D eigenvalue weighted by molar-refractivity contribution is 7.92. The molecule has 1 N–H and O–H groups in total. The van der Waals surface area contributed by atoms with Gasteiger partial charge in [-0.25, -0.2) is 18.1 Å². The minimum absolute atomic E-state index is 0.0723. The lowest BCUT2D eigenvalue weighted by molar-refractivity contribution is -0.274. The minimum Gasteiger partial charge on any atom is -0.406 e. The number of carbonyl (C=O) groups is 2. The monoisotopic (exact) mass is 458 g/mol. The normalized spacial score (nSPS) is 17.3. The molecule has 0 spiro atoms. The molecule has 2 heterocycles. The summed E-state index contributed by atoms with van der Waals surface area (Å²) in [4.78, 5) is 31.5. The fourth-order valence-corrected chi connectivity index (χ4v) is 3.57. The highest BCUT2D eigenvalue weighted by atomic mass is 32.2. The Hall–Kier alpha value is -3.35. The fraction of sp³-hybridized carbons (Fsp3) is 0.278. The van der Waals surface area contributed by atoms with Crippen molar-refractivity contribution in [2.24, 2.45) is 0 Å². The zero-order valence-corrected chi connectivity index (χ0v) is 17.1. The number of hydrogen-bond donors (Lipinski definition) is 1. The Morgan fingerprint density at radius 2 is 1.81 bits per heavy atom. The number of halogens is 3. The summed E-state index contributed by atoms with van der Waals surface area (Å²) in [5, 5.41) is 0. The Morgan fingerprint density at radius 1 is 1.16 bits per heavy atom. The molecule has 31 heavy (non-hydrogen) atoms. The quantitative estimate of drug-likeness (QED) is 0.667.